The third-order valence-electron chi connectivity index (χ3n) is 2.93. The lowest BCUT2D eigenvalue weighted by molar-refractivity contribution is -0.135. The van der Waals surface area contributed by atoms with Gasteiger partial charge < -0.3 is 5.32 Å². The first-order chi connectivity index (χ1) is 9.33. The van der Waals surface area contributed by atoms with Gasteiger partial charge in [0.2, 0.25) is 0 Å². The molecule has 1 rings (SSSR count). The Morgan fingerprint density at radius 3 is 2.55 bits per heavy atom. The lowest BCUT2D eigenvalue weighted by Crippen LogP contribution is -2.23. The van der Waals surface area contributed by atoms with Crippen LogP contribution in [0, 0.1) is 0 Å². The second-order valence-electron chi connectivity index (χ2n) is 4.68. The fraction of sp³-hybridized carbons (Fsp3) is 0.571. The quantitative estimate of drug-likeness (QED) is 0.575. The van der Waals surface area contributed by atoms with E-state index in [0.29, 0.717) is 6.42 Å². The van der Waals surface area contributed by atoms with Crippen molar-refractivity contribution in [2.24, 2.45) is 0 Å². The molecule has 0 bridgehead atoms. The normalized spacial score (nSPS) is 13.5. The first-order valence-electron chi connectivity index (χ1n) is 6.58. The summed E-state index contributed by atoms with van der Waals surface area (Å²) in [5.41, 5.74) is 0.995. The molecule has 0 aliphatic carbocycles. The van der Waals surface area contributed by atoms with Gasteiger partial charge in [-0.2, -0.15) is 13.2 Å². The van der Waals surface area contributed by atoms with E-state index in [1.165, 1.54) is 0 Å². The first kappa shape index (κ1) is 18.0. The van der Waals surface area contributed by atoms with E-state index >= 15 is 0 Å². The monoisotopic (exact) mass is 415 g/mol. The zero-order chi connectivity index (χ0) is 15.2. The van der Waals surface area contributed by atoms with Crippen LogP contribution in [-0.4, -0.2) is 12.7 Å². The minimum absolute atomic E-state index is 0.0656. The van der Waals surface area contributed by atoms with Crippen molar-refractivity contribution in [3.63, 3.8) is 0 Å². The third kappa shape index (κ3) is 6.59. The molecule has 1 atom stereocenters. The molecule has 0 saturated carbocycles. The predicted molar refractivity (Wildman–Crippen MR) is 82.8 cm³/mol. The summed E-state index contributed by atoms with van der Waals surface area (Å²) in [6, 6.07) is 5.69. The van der Waals surface area contributed by atoms with Crippen LogP contribution in [0.25, 0.3) is 0 Å². The number of hydrogen-bond acceptors (Lipinski definition) is 1. The van der Waals surface area contributed by atoms with Gasteiger partial charge in [0.05, 0.1) is 0 Å². The zero-order valence-electron chi connectivity index (χ0n) is 11.2. The van der Waals surface area contributed by atoms with Crippen LogP contribution in [0.15, 0.2) is 27.1 Å². The molecule has 0 radical (unpaired) electrons. The molecule has 20 heavy (non-hydrogen) atoms. The standard InChI is InChI=1S/C14H18Br2F3N/c1-2-8-20-13(4-3-7-14(17,18)19)11-9-10(15)5-6-12(11)16/h5-6,9,13,20H,2-4,7-8H2,1H3. The molecule has 0 aliphatic heterocycles. The Morgan fingerprint density at radius 2 is 1.95 bits per heavy atom. The summed E-state index contributed by atoms with van der Waals surface area (Å²) in [5, 5.41) is 3.32. The molecule has 1 aromatic carbocycles. The number of rotatable bonds is 7. The average Bonchev–Trinajstić information content (AvgIpc) is 2.35. The Hall–Kier alpha value is -0.0700. The minimum Gasteiger partial charge on any atom is -0.310 e. The molecule has 0 amide bonds. The van der Waals surface area contributed by atoms with Crippen molar-refractivity contribution >= 4 is 31.9 Å². The largest absolute Gasteiger partial charge is 0.389 e. The number of alkyl halides is 3. The highest BCUT2D eigenvalue weighted by Crippen LogP contribution is 2.31. The van der Waals surface area contributed by atoms with Gasteiger partial charge in [0.1, 0.15) is 0 Å². The number of halogens is 5. The zero-order valence-corrected chi connectivity index (χ0v) is 14.4. The fourth-order valence-electron chi connectivity index (χ4n) is 1.97. The van der Waals surface area contributed by atoms with Crippen LogP contribution in [0.4, 0.5) is 13.2 Å². The Kier molecular flexibility index (Phi) is 7.54. The Balaban J connectivity index is 2.75. The van der Waals surface area contributed by atoms with E-state index in [9.17, 15) is 13.2 Å². The molecule has 6 heteroatoms. The second kappa shape index (κ2) is 8.39. The van der Waals surface area contributed by atoms with Crippen LogP contribution in [0.1, 0.15) is 44.2 Å². The van der Waals surface area contributed by atoms with Crippen molar-refractivity contribution in [3.8, 4) is 0 Å². The van der Waals surface area contributed by atoms with Gasteiger partial charge in [-0.1, -0.05) is 38.8 Å². The maximum atomic E-state index is 12.3. The van der Waals surface area contributed by atoms with Crippen LogP contribution in [0.2, 0.25) is 0 Å². The van der Waals surface area contributed by atoms with Gasteiger partial charge in [-0.3, -0.25) is 0 Å². The Morgan fingerprint density at radius 1 is 1.25 bits per heavy atom. The van der Waals surface area contributed by atoms with Crippen LogP contribution < -0.4 is 5.32 Å². The summed E-state index contributed by atoms with van der Waals surface area (Å²) < 4.78 is 38.6. The molecule has 0 aliphatic rings. The van der Waals surface area contributed by atoms with Crippen molar-refractivity contribution in [3.05, 3.63) is 32.7 Å². The van der Waals surface area contributed by atoms with Crippen molar-refractivity contribution in [1.29, 1.82) is 0 Å². The van der Waals surface area contributed by atoms with E-state index in [2.05, 4.69) is 37.2 Å². The molecule has 1 N–H and O–H groups in total. The van der Waals surface area contributed by atoms with Gasteiger partial charge in [0.25, 0.3) is 0 Å². The van der Waals surface area contributed by atoms with E-state index in [-0.39, 0.29) is 12.5 Å². The van der Waals surface area contributed by atoms with E-state index < -0.39 is 12.6 Å². The first-order valence-corrected chi connectivity index (χ1v) is 8.17. The van der Waals surface area contributed by atoms with Gasteiger partial charge in [-0.15, -0.1) is 0 Å². The summed E-state index contributed by atoms with van der Waals surface area (Å²) in [4.78, 5) is 0. The molecule has 0 heterocycles. The molecule has 0 fully saturated rings. The molecule has 1 unspecified atom stereocenters. The molecule has 114 valence electrons. The maximum Gasteiger partial charge on any atom is 0.389 e. The van der Waals surface area contributed by atoms with E-state index in [4.69, 9.17) is 0 Å². The summed E-state index contributed by atoms with van der Waals surface area (Å²) in [7, 11) is 0. The minimum atomic E-state index is -4.08. The van der Waals surface area contributed by atoms with Crippen LogP contribution in [-0.2, 0) is 0 Å². The second-order valence-corrected chi connectivity index (χ2v) is 6.45. The summed E-state index contributed by atoms with van der Waals surface area (Å²) in [6.45, 7) is 2.82. The summed E-state index contributed by atoms with van der Waals surface area (Å²) in [6.07, 6.45) is -3.27. The highest BCUT2D eigenvalue weighted by molar-refractivity contribution is 9.11. The third-order valence-corrected chi connectivity index (χ3v) is 4.14. The topological polar surface area (TPSA) is 12.0 Å². The average molecular weight is 417 g/mol. The lowest BCUT2D eigenvalue weighted by atomic mass is 10.0. The fourth-order valence-corrected chi connectivity index (χ4v) is 2.88. The van der Waals surface area contributed by atoms with Crippen LogP contribution >= 0.6 is 31.9 Å². The van der Waals surface area contributed by atoms with Crippen molar-refractivity contribution in [1.82, 2.24) is 5.32 Å². The molecule has 0 aromatic heterocycles. The van der Waals surface area contributed by atoms with Gasteiger partial charge in [-0.05, 0) is 49.6 Å². The highest BCUT2D eigenvalue weighted by atomic mass is 79.9. The van der Waals surface area contributed by atoms with E-state index in [0.717, 1.165) is 27.5 Å². The lowest BCUT2D eigenvalue weighted by Gasteiger charge is -2.21. The SMILES string of the molecule is CCCNC(CCCC(F)(F)F)c1cc(Br)ccc1Br. The molecular formula is C14H18Br2F3N. The van der Waals surface area contributed by atoms with Crippen molar-refractivity contribution in [2.75, 3.05) is 6.54 Å². The van der Waals surface area contributed by atoms with Gasteiger partial charge in [0, 0.05) is 21.4 Å². The van der Waals surface area contributed by atoms with E-state index in [1.807, 2.05) is 25.1 Å². The predicted octanol–water partition coefficient (Wildman–Crippen LogP) is 5.98. The smallest absolute Gasteiger partial charge is 0.310 e. The summed E-state index contributed by atoms with van der Waals surface area (Å²) in [5.74, 6) is 0. The Labute approximate surface area is 134 Å². The number of nitrogens with one attached hydrogen (secondary N) is 1. The van der Waals surface area contributed by atoms with Crippen LogP contribution in [0.5, 0.6) is 0 Å². The van der Waals surface area contributed by atoms with Gasteiger partial charge in [-0.25, -0.2) is 0 Å². The van der Waals surface area contributed by atoms with Crippen molar-refractivity contribution in [2.45, 2.75) is 44.8 Å². The molecular weight excluding hydrogens is 399 g/mol. The van der Waals surface area contributed by atoms with Crippen LogP contribution in [0.3, 0.4) is 0 Å². The molecule has 0 saturated heterocycles. The van der Waals surface area contributed by atoms with Crippen molar-refractivity contribution < 1.29 is 13.2 Å². The molecule has 0 spiro atoms. The van der Waals surface area contributed by atoms with Gasteiger partial charge >= 0.3 is 6.18 Å². The number of benzene rings is 1. The van der Waals surface area contributed by atoms with Gasteiger partial charge in [0.15, 0.2) is 0 Å². The molecule has 1 aromatic rings. The number of hydrogen-bond donors (Lipinski definition) is 1. The maximum absolute atomic E-state index is 12.3. The molecule has 1 nitrogen and oxygen atoms in total. The highest BCUT2D eigenvalue weighted by Gasteiger charge is 2.27. The van der Waals surface area contributed by atoms with E-state index in [1.54, 1.807) is 0 Å². The summed E-state index contributed by atoms with van der Waals surface area (Å²) >= 11 is 6.88. The Bertz CT molecular complexity index is 421.